The Morgan fingerprint density at radius 3 is 2.33 bits per heavy atom. The van der Waals surface area contributed by atoms with Gasteiger partial charge < -0.3 is 15.4 Å². The first-order valence-corrected chi connectivity index (χ1v) is 7.70. The van der Waals surface area contributed by atoms with Crippen molar-refractivity contribution < 1.29 is 14.3 Å². The van der Waals surface area contributed by atoms with Crippen molar-refractivity contribution in [2.45, 2.75) is 26.9 Å². The zero-order chi connectivity index (χ0) is 15.8. The molecule has 1 atom stereocenters. The van der Waals surface area contributed by atoms with Gasteiger partial charge in [0.25, 0.3) is 5.91 Å². The van der Waals surface area contributed by atoms with E-state index in [1.54, 1.807) is 12.1 Å². The molecule has 0 fully saturated rings. The summed E-state index contributed by atoms with van der Waals surface area (Å²) < 4.78 is 6.66. The lowest BCUT2D eigenvalue weighted by Gasteiger charge is -2.21. The van der Waals surface area contributed by atoms with E-state index in [4.69, 9.17) is 4.74 Å². The van der Waals surface area contributed by atoms with Gasteiger partial charge in [0.1, 0.15) is 5.75 Å². The van der Waals surface area contributed by atoms with Gasteiger partial charge in [0.15, 0.2) is 6.10 Å². The standard InChI is InChI=1S/C15H21BrN2O3/c1-4-17-13(19)9-18-15(20)14(10(2)3)21-12-7-5-11(16)6-8-12/h5-8,10,14H,4,9H2,1-3H3,(H,17,19)(H,18,20). The number of likely N-dealkylation sites (N-methyl/N-ethyl adjacent to an activating group) is 1. The van der Waals surface area contributed by atoms with Gasteiger partial charge in [-0.15, -0.1) is 0 Å². The lowest BCUT2D eigenvalue weighted by molar-refractivity contribution is -0.132. The molecule has 5 nitrogen and oxygen atoms in total. The summed E-state index contributed by atoms with van der Waals surface area (Å²) in [4.78, 5) is 23.5. The van der Waals surface area contributed by atoms with Gasteiger partial charge in [0, 0.05) is 11.0 Å². The van der Waals surface area contributed by atoms with E-state index in [1.807, 2.05) is 32.9 Å². The Morgan fingerprint density at radius 1 is 1.19 bits per heavy atom. The number of halogens is 1. The number of rotatable bonds is 7. The van der Waals surface area contributed by atoms with E-state index in [1.165, 1.54) is 0 Å². The van der Waals surface area contributed by atoms with Gasteiger partial charge in [-0.1, -0.05) is 29.8 Å². The summed E-state index contributed by atoms with van der Waals surface area (Å²) in [6, 6.07) is 7.27. The maximum Gasteiger partial charge on any atom is 0.261 e. The highest BCUT2D eigenvalue weighted by molar-refractivity contribution is 9.10. The number of nitrogens with one attached hydrogen (secondary N) is 2. The molecule has 0 saturated carbocycles. The van der Waals surface area contributed by atoms with Gasteiger partial charge in [-0.25, -0.2) is 0 Å². The molecule has 2 amide bonds. The van der Waals surface area contributed by atoms with Crippen LogP contribution in [-0.2, 0) is 9.59 Å². The van der Waals surface area contributed by atoms with Crippen LogP contribution in [0.5, 0.6) is 5.75 Å². The molecule has 21 heavy (non-hydrogen) atoms. The predicted octanol–water partition coefficient (Wildman–Crippen LogP) is 2.10. The summed E-state index contributed by atoms with van der Waals surface area (Å²) in [5, 5.41) is 5.22. The van der Waals surface area contributed by atoms with Crippen molar-refractivity contribution in [3.8, 4) is 5.75 Å². The van der Waals surface area contributed by atoms with Crippen LogP contribution < -0.4 is 15.4 Å². The average Bonchev–Trinajstić information content (AvgIpc) is 2.44. The van der Waals surface area contributed by atoms with Crippen LogP contribution in [0.2, 0.25) is 0 Å². The van der Waals surface area contributed by atoms with Crippen LogP contribution in [0.15, 0.2) is 28.7 Å². The second-order valence-corrected chi connectivity index (χ2v) is 5.82. The number of amides is 2. The van der Waals surface area contributed by atoms with Crippen LogP contribution in [0.3, 0.4) is 0 Å². The van der Waals surface area contributed by atoms with Gasteiger partial charge in [-0.3, -0.25) is 9.59 Å². The van der Waals surface area contributed by atoms with Gasteiger partial charge >= 0.3 is 0 Å². The van der Waals surface area contributed by atoms with E-state index < -0.39 is 6.10 Å². The third-order valence-corrected chi connectivity index (χ3v) is 3.27. The molecule has 6 heteroatoms. The molecule has 2 N–H and O–H groups in total. The molecular formula is C15H21BrN2O3. The maximum atomic E-state index is 12.1. The van der Waals surface area contributed by atoms with E-state index in [9.17, 15) is 9.59 Å². The first kappa shape index (κ1) is 17.5. The zero-order valence-corrected chi connectivity index (χ0v) is 14.1. The molecule has 0 heterocycles. The normalized spacial score (nSPS) is 11.9. The number of carbonyl (C=O) groups excluding carboxylic acids is 2. The highest BCUT2D eigenvalue weighted by Crippen LogP contribution is 2.19. The van der Waals surface area contributed by atoms with Crippen LogP contribution in [0.1, 0.15) is 20.8 Å². The van der Waals surface area contributed by atoms with Crippen LogP contribution in [-0.4, -0.2) is 31.0 Å². The van der Waals surface area contributed by atoms with Crippen LogP contribution in [0.4, 0.5) is 0 Å². The molecule has 1 rings (SSSR count). The molecule has 1 aromatic carbocycles. The SMILES string of the molecule is CCNC(=O)CNC(=O)C(Oc1ccc(Br)cc1)C(C)C. The van der Waals surface area contributed by atoms with Crippen molar-refractivity contribution in [1.29, 1.82) is 0 Å². The fraction of sp³-hybridized carbons (Fsp3) is 0.467. The highest BCUT2D eigenvalue weighted by atomic mass is 79.9. The van der Waals surface area contributed by atoms with Gasteiger partial charge in [-0.05, 0) is 37.1 Å². The van der Waals surface area contributed by atoms with E-state index in [-0.39, 0.29) is 24.3 Å². The van der Waals surface area contributed by atoms with Gasteiger partial charge in [0.05, 0.1) is 6.54 Å². The van der Waals surface area contributed by atoms with Crippen molar-refractivity contribution in [3.05, 3.63) is 28.7 Å². The number of benzene rings is 1. The maximum absolute atomic E-state index is 12.1. The van der Waals surface area contributed by atoms with E-state index in [2.05, 4.69) is 26.6 Å². The number of hydrogen-bond donors (Lipinski definition) is 2. The van der Waals surface area contributed by atoms with Crippen molar-refractivity contribution in [2.24, 2.45) is 5.92 Å². The van der Waals surface area contributed by atoms with E-state index >= 15 is 0 Å². The molecule has 1 unspecified atom stereocenters. The molecule has 0 aromatic heterocycles. The predicted molar refractivity (Wildman–Crippen MR) is 85.1 cm³/mol. The van der Waals surface area contributed by atoms with Crippen molar-refractivity contribution in [1.82, 2.24) is 10.6 Å². The lowest BCUT2D eigenvalue weighted by Crippen LogP contribution is -2.45. The molecule has 1 aromatic rings. The zero-order valence-electron chi connectivity index (χ0n) is 12.5. The summed E-state index contributed by atoms with van der Waals surface area (Å²) in [5.41, 5.74) is 0. The minimum Gasteiger partial charge on any atom is -0.480 e. The third kappa shape index (κ3) is 6.16. The van der Waals surface area contributed by atoms with Gasteiger partial charge in [-0.2, -0.15) is 0 Å². The summed E-state index contributed by atoms with van der Waals surface area (Å²) in [6.07, 6.45) is -0.638. The largest absolute Gasteiger partial charge is 0.480 e. The molecule has 0 saturated heterocycles. The summed E-state index contributed by atoms with van der Waals surface area (Å²) in [7, 11) is 0. The Balaban J connectivity index is 2.62. The molecule has 0 aliphatic rings. The first-order valence-electron chi connectivity index (χ1n) is 6.90. The minimum absolute atomic E-state index is 0.0112. The average molecular weight is 357 g/mol. The molecule has 0 spiro atoms. The minimum atomic E-state index is -0.638. The summed E-state index contributed by atoms with van der Waals surface area (Å²) in [6.45, 7) is 6.12. The fourth-order valence-electron chi connectivity index (χ4n) is 1.68. The van der Waals surface area contributed by atoms with Crippen molar-refractivity contribution >= 4 is 27.7 Å². The smallest absolute Gasteiger partial charge is 0.261 e. The van der Waals surface area contributed by atoms with Gasteiger partial charge in [0.2, 0.25) is 5.91 Å². The van der Waals surface area contributed by atoms with Crippen molar-refractivity contribution in [2.75, 3.05) is 13.1 Å². The Kier molecular flexibility index (Phi) is 7.22. The molecular weight excluding hydrogens is 336 g/mol. The molecule has 0 aliphatic heterocycles. The van der Waals surface area contributed by atoms with Crippen molar-refractivity contribution in [3.63, 3.8) is 0 Å². The Labute approximate surface area is 133 Å². The highest BCUT2D eigenvalue weighted by Gasteiger charge is 2.24. The summed E-state index contributed by atoms with van der Waals surface area (Å²) >= 11 is 3.35. The lowest BCUT2D eigenvalue weighted by atomic mass is 10.1. The van der Waals surface area contributed by atoms with Crippen LogP contribution >= 0.6 is 15.9 Å². The van der Waals surface area contributed by atoms with Crippen LogP contribution in [0.25, 0.3) is 0 Å². The molecule has 116 valence electrons. The Bertz CT molecular complexity index is 474. The fourth-order valence-corrected chi connectivity index (χ4v) is 1.94. The first-order chi connectivity index (χ1) is 9.93. The topological polar surface area (TPSA) is 67.4 Å². The molecule has 0 bridgehead atoms. The quantitative estimate of drug-likeness (QED) is 0.786. The molecule has 0 aliphatic carbocycles. The van der Waals surface area contributed by atoms with Crippen LogP contribution in [0, 0.1) is 5.92 Å². The number of ether oxygens (including phenoxy) is 1. The Morgan fingerprint density at radius 2 is 1.81 bits per heavy atom. The number of carbonyl (C=O) groups is 2. The third-order valence-electron chi connectivity index (χ3n) is 2.74. The monoisotopic (exact) mass is 356 g/mol. The van der Waals surface area contributed by atoms with E-state index in [0.29, 0.717) is 12.3 Å². The second-order valence-electron chi connectivity index (χ2n) is 4.91. The number of hydrogen-bond acceptors (Lipinski definition) is 3. The van der Waals surface area contributed by atoms with E-state index in [0.717, 1.165) is 4.47 Å². The second kappa shape index (κ2) is 8.67. The Hall–Kier alpha value is -1.56. The molecule has 0 radical (unpaired) electrons. The summed E-state index contributed by atoms with van der Waals surface area (Å²) in [5.74, 6) is 0.101.